The van der Waals surface area contributed by atoms with Gasteiger partial charge in [-0.3, -0.25) is 0 Å². The topological polar surface area (TPSA) is 9.23 Å². The molecule has 1 fully saturated rings. The van der Waals surface area contributed by atoms with Crippen molar-refractivity contribution in [2.45, 2.75) is 38.7 Å². The molecule has 66 valence electrons. The minimum atomic E-state index is 0.482. The molecule has 1 aliphatic carbocycles. The Balaban J connectivity index is 2.27. The first-order chi connectivity index (χ1) is 5.26. The zero-order valence-corrected chi connectivity index (χ0v) is 8.99. The Hall–Kier alpha value is 0.440. The molecule has 0 amide bonds. The van der Waals surface area contributed by atoms with Crippen LogP contribution in [0.2, 0.25) is 0 Å². The van der Waals surface area contributed by atoms with E-state index >= 15 is 0 Å². The molecular weight excluding hydrogens is 204 g/mol. The summed E-state index contributed by atoms with van der Waals surface area (Å²) in [6.07, 6.45) is 5.64. The Bertz CT molecular complexity index is 117. The van der Waals surface area contributed by atoms with Gasteiger partial charge in [-0.2, -0.15) is 0 Å². The number of hydrogen-bond acceptors (Lipinski definition) is 1. The van der Waals surface area contributed by atoms with Crippen molar-refractivity contribution in [3.63, 3.8) is 0 Å². The maximum absolute atomic E-state index is 5.36. The van der Waals surface area contributed by atoms with E-state index in [1.165, 1.54) is 19.3 Å². The van der Waals surface area contributed by atoms with Crippen molar-refractivity contribution in [2.75, 3.05) is 12.4 Å². The highest BCUT2D eigenvalue weighted by molar-refractivity contribution is 9.09. The number of rotatable bonds is 5. The van der Waals surface area contributed by atoms with E-state index in [9.17, 15) is 0 Å². The van der Waals surface area contributed by atoms with E-state index in [0.717, 1.165) is 11.8 Å². The van der Waals surface area contributed by atoms with Crippen molar-refractivity contribution in [3.05, 3.63) is 0 Å². The lowest BCUT2D eigenvalue weighted by atomic mass is 9.99. The van der Waals surface area contributed by atoms with E-state index in [1.807, 2.05) is 7.11 Å². The fraction of sp³-hybridized carbons (Fsp3) is 1.00. The highest BCUT2D eigenvalue weighted by atomic mass is 79.9. The molecule has 1 aliphatic rings. The standard InChI is InChI=1S/C9H17BrO/c1-3-8(11-2)6-9(7-10)4-5-9/h8H,3-7H2,1-2H3. The molecule has 0 heterocycles. The molecule has 0 N–H and O–H groups in total. The van der Waals surface area contributed by atoms with Gasteiger partial charge in [0.2, 0.25) is 0 Å². The van der Waals surface area contributed by atoms with Gasteiger partial charge in [0.05, 0.1) is 6.10 Å². The van der Waals surface area contributed by atoms with E-state index in [1.54, 1.807) is 0 Å². The fourth-order valence-electron chi connectivity index (χ4n) is 1.45. The van der Waals surface area contributed by atoms with Gasteiger partial charge in [0.25, 0.3) is 0 Å². The highest BCUT2D eigenvalue weighted by Crippen LogP contribution is 2.51. The number of hydrogen-bond donors (Lipinski definition) is 0. The van der Waals surface area contributed by atoms with Crippen molar-refractivity contribution in [2.24, 2.45) is 5.41 Å². The van der Waals surface area contributed by atoms with Crippen LogP contribution in [0.1, 0.15) is 32.6 Å². The third kappa shape index (κ3) is 2.45. The number of halogens is 1. The van der Waals surface area contributed by atoms with E-state index < -0.39 is 0 Å². The SMILES string of the molecule is CCC(CC1(CBr)CC1)OC. The second-order valence-corrected chi connectivity index (χ2v) is 4.16. The molecule has 11 heavy (non-hydrogen) atoms. The van der Waals surface area contributed by atoms with Gasteiger partial charge in [-0.25, -0.2) is 0 Å². The Kier molecular flexibility index (Phi) is 3.38. The van der Waals surface area contributed by atoms with Gasteiger partial charge >= 0.3 is 0 Å². The van der Waals surface area contributed by atoms with Crippen LogP contribution in [0.15, 0.2) is 0 Å². The molecule has 0 aliphatic heterocycles. The van der Waals surface area contributed by atoms with Gasteiger partial charge in [-0.05, 0) is 31.1 Å². The summed E-state index contributed by atoms with van der Waals surface area (Å²) >= 11 is 3.56. The van der Waals surface area contributed by atoms with Crippen LogP contribution in [0.3, 0.4) is 0 Å². The monoisotopic (exact) mass is 220 g/mol. The lowest BCUT2D eigenvalue weighted by Crippen LogP contribution is -2.16. The molecule has 2 heteroatoms. The maximum atomic E-state index is 5.36. The smallest absolute Gasteiger partial charge is 0.0574 e. The second kappa shape index (κ2) is 3.90. The minimum Gasteiger partial charge on any atom is -0.381 e. The van der Waals surface area contributed by atoms with Crippen LogP contribution in [-0.2, 0) is 4.74 Å². The van der Waals surface area contributed by atoms with E-state index in [0.29, 0.717) is 11.5 Å². The zero-order chi connectivity index (χ0) is 8.32. The Morgan fingerprint density at radius 2 is 2.18 bits per heavy atom. The molecule has 0 aromatic rings. The summed E-state index contributed by atoms with van der Waals surface area (Å²) in [5.74, 6) is 0. The second-order valence-electron chi connectivity index (χ2n) is 3.60. The van der Waals surface area contributed by atoms with Crippen molar-refractivity contribution < 1.29 is 4.74 Å². The van der Waals surface area contributed by atoms with Gasteiger partial charge in [0.1, 0.15) is 0 Å². The zero-order valence-electron chi connectivity index (χ0n) is 7.40. The Labute approximate surface area is 77.6 Å². The average Bonchev–Trinajstić information content (AvgIpc) is 2.81. The van der Waals surface area contributed by atoms with Crippen LogP contribution in [0.4, 0.5) is 0 Å². The largest absolute Gasteiger partial charge is 0.381 e. The molecule has 0 aromatic carbocycles. The molecule has 1 unspecified atom stereocenters. The minimum absolute atomic E-state index is 0.482. The molecule has 1 saturated carbocycles. The normalized spacial score (nSPS) is 23.2. The molecule has 0 radical (unpaired) electrons. The number of ether oxygens (including phenoxy) is 1. The summed E-state index contributed by atoms with van der Waals surface area (Å²) in [7, 11) is 1.82. The first kappa shape index (κ1) is 9.53. The summed E-state index contributed by atoms with van der Waals surface area (Å²) < 4.78 is 5.36. The lowest BCUT2D eigenvalue weighted by Gasteiger charge is -2.18. The summed E-state index contributed by atoms with van der Waals surface area (Å²) in [5.41, 5.74) is 0.608. The van der Waals surface area contributed by atoms with Crippen LogP contribution in [0.5, 0.6) is 0 Å². The van der Waals surface area contributed by atoms with Crippen LogP contribution in [-0.4, -0.2) is 18.5 Å². The van der Waals surface area contributed by atoms with Crippen molar-refractivity contribution in [1.82, 2.24) is 0 Å². The Morgan fingerprint density at radius 3 is 2.45 bits per heavy atom. The summed E-state index contributed by atoms with van der Waals surface area (Å²) in [6.45, 7) is 2.19. The van der Waals surface area contributed by atoms with E-state index in [4.69, 9.17) is 4.74 Å². The summed E-state index contributed by atoms with van der Waals surface area (Å²) in [4.78, 5) is 0. The van der Waals surface area contributed by atoms with Crippen molar-refractivity contribution in [1.29, 1.82) is 0 Å². The van der Waals surface area contributed by atoms with Gasteiger partial charge in [-0.15, -0.1) is 0 Å². The van der Waals surface area contributed by atoms with E-state index in [2.05, 4.69) is 22.9 Å². The lowest BCUT2D eigenvalue weighted by molar-refractivity contribution is 0.0765. The van der Waals surface area contributed by atoms with Gasteiger partial charge in [-0.1, -0.05) is 22.9 Å². The molecule has 0 bridgehead atoms. The summed E-state index contributed by atoms with van der Waals surface area (Å²) in [5, 5.41) is 1.15. The van der Waals surface area contributed by atoms with Gasteiger partial charge in [0.15, 0.2) is 0 Å². The quantitative estimate of drug-likeness (QED) is 0.648. The van der Waals surface area contributed by atoms with Gasteiger partial charge < -0.3 is 4.74 Å². The molecule has 1 nitrogen and oxygen atoms in total. The van der Waals surface area contributed by atoms with E-state index in [-0.39, 0.29) is 0 Å². The first-order valence-electron chi connectivity index (χ1n) is 4.35. The molecule has 1 rings (SSSR count). The number of methoxy groups -OCH3 is 1. The van der Waals surface area contributed by atoms with Crippen molar-refractivity contribution in [3.8, 4) is 0 Å². The maximum Gasteiger partial charge on any atom is 0.0574 e. The average molecular weight is 221 g/mol. The number of alkyl halides is 1. The van der Waals surface area contributed by atoms with Gasteiger partial charge in [0, 0.05) is 12.4 Å². The molecule has 0 aromatic heterocycles. The third-order valence-electron chi connectivity index (χ3n) is 2.69. The molecule has 0 spiro atoms. The van der Waals surface area contributed by atoms with Crippen LogP contribution >= 0.6 is 15.9 Å². The Morgan fingerprint density at radius 1 is 1.55 bits per heavy atom. The predicted octanol–water partition coefficient (Wildman–Crippen LogP) is 2.98. The predicted molar refractivity (Wildman–Crippen MR) is 51.2 cm³/mol. The fourth-order valence-corrected chi connectivity index (χ4v) is 2.24. The molecule has 1 atom stereocenters. The highest BCUT2D eigenvalue weighted by Gasteiger charge is 2.42. The molecule has 0 saturated heterocycles. The summed E-state index contributed by atoms with van der Waals surface area (Å²) in [6, 6.07) is 0. The van der Waals surface area contributed by atoms with Crippen molar-refractivity contribution >= 4 is 15.9 Å². The van der Waals surface area contributed by atoms with Crippen LogP contribution < -0.4 is 0 Å². The van der Waals surface area contributed by atoms with Crippen LogP contribution in [0, 0.1) is 5.41 Å². The first-order valence-corrected chi connectivity index (χ1v) is 5.47. The van der Waals surface area contributed by atoms with Crippen LogP contribution in [0.25, 0.3) is 0 Å². The third-order valence-corrected chi connectivity index (χ3v) is 3.88. The molecular formula is C9H17BrO.